The summed E-state index contributed by atoms with van der Waals surface area (Å²) in [6, 6.07) is 12.2. The van der Waals surface area contributed by atoms with Crippen LogP contribution in [0.25, 0.3) is 0 Å². The molecule has 2 heteroatoms. The van der Waals surface area contributed by atoms with Gasteiger partial charge >= 0.3 is 0 Å². The monoisotopic (exact) mass is 172 g/mol. The molecule has 0 saturated heterocycles. The highest BCUT2D eigenvalue weighted by Gasteiger charge is 2.30. The number of hydrogen-bond acceptors (Lipinski definition) is 2. The van der Waals surface area contributed by atoms with E-state index in [1.165, 1.54) is 12.8 Å². The Bertz CT molecular complexity index is 309. The molecule has 0 bridgehead atoms. The van der Waals surface area contributed by atoms with E-state index in [-0.39, 0.29) is 6.04 Å². The first kappa shape index (κ1) is 8.12. The minimum Gasteiger partial charge on any atom is -0.370 e. The number of para-hydroxylation sites is 1. The maximum Gasteiger partial charge on any atom is 0.117 e. The molecule has 66 valence electrons. The molecule has 1 unspecified atom stereocenters. The van der Waals surface area contributed by atoms with E-state index in [9.17, 15) is 0 Å². The van der Waals surface area contributed by atoms with Crippen LogP contribution in [0.4, 0.5) is 5.69 Å². The molecule has 0 heterocycles. The number of hydrogen-bond donors (Lipinski definition) is 1. The predicted octanol–water partition coefficient (Wildman–Crippen LogP) is 2.40. The third kappa shape index (κ3) is 2.00. The average Bonchev–Trinajstić information content (AvgIpc) is 2.99. The lowest BCUT2D eigenvalue weighted by Crippen LogP contribution is -2.19. The van der Waals surface area contributed by atoms with Crippen LogP contribution in [0.15, 0.2) is 30.3 Å². The molecule has 1 fully saturated rings. The molecule has 1 N–H and O–H groups in total. The Labute approximate surface area is 78.2 Å². The first-order valence-corrected chi connectivity index (χ1v) is 4.61. The van der Waals surface area contributed by atoms with Crippen LogP contribution >= 0.6 is 0 Å². The van der Waals surface area contributed by atoms with Gasteiger partial charge < -0.3 is 5.32 Å². The third-order valence-corrected chi connectivity index (χ3v) is 2.33. The van der Waals surface area contributed by atoms with Crippen molar-refractivity contribution in [3.8, 4) is 6.07 Å². The van der Waals surface area contributed by atoms with Crippen molar-refractivity contribution >= 4 is 5.69 Å². The topological polar surface area (TPSA) is 35.8 Å². The first-order valence-electron chi connectivity index (χ1n) is 4.61. The quantitative estimate of drug-likeness (QED) is 0.759. The van der Waals surface area contributed by atoms with Crippen LogP contribution in [0.2, 0.25) is 0 Å². The smallest absolute Gasteiger partial charge is 0.117 e. The zero-order valence-corrected chi connectivity index (χ0v) is 7.40. The van der Waals surface area contributed by atoms with Crippen LogP contribution < -0.4 is 5.32 Å². The van der Waals surface area contributed by atoms with Crippen molar-refractivity contribution in [3.63, 3.8) is 0 Å². The summed E-state index contributed by atoms with van der Waals surface area (Å²) in [4.78, 5) is 0. The van der Waals surface area contributed by atoms with Gasteiger partial charge in [-0.2, -0.15) is 5.26 Å². The van der Waals surface area contributed by atoms with Gasteiger partial charge in [0.05, 0.1) is 6.07 Å². The Morgan fingerprint density at radius 3 is 2.54 bits per heavy atom. The van der Waals surface area contributed by atoms with E-state index in [4.69, 9.17) is 5.26 Å². The van der Waals surface area contributed by atoms with Crippen LogP contribution in [0.3, 0.4) is 0 Å². The maximum atomic E-state index is 8.89. The lowest BCUT2D eigenvalue weighted by Gasteiger charge is -2.10. The number of rotatable bonds is 3. The van der Waals surface area contributed by atoms with E-state index < -0.39 is 0 Å². The number of nitriles is 1. The largest absolute Gasteiger partial charge is 0.370 e. The van der Waals surface area contributed by atoms with Crippen molar-refractivity contribution in [1.29, 1.82) is 5.26 Å². The van der Waals surface area contributed by atoms with Gasteiger partial charge in [0.1, 0.15) is 6.04 Å². The molecule has 0 aromatic heterocycles. The van der Waals surface area contributed by atoms with E-state index in [2.05, 4.69) is 11.4 Å². The summed E-state index contributed by atoms with van der Waals surface area (Å²) in [5, 5.41) is 12.1. The van der Waals surface area contributed by atoms with Crippen LogP contribution in [0.1, 0.15) is 12.8 Å². The van der Waals surface area contributed by atoms with Gasteiger partial charge in [0.15, 0.2) is 0 Å². The molecule has 1 aromatic rings. The van der Waals surface area contributed by atoms with E-state index in [1.54, 1.807) is 0 Å². The normalized spacial score (nSPS) is 17.5. The summed E-state index contributed by atoms with van der Waals surface area (Å²) >= 11 is 0. The van der Waals surface area contributed by atoms with Crippen molar-refractivity contribution in [2.45, 2.75) is 18.9 Å². The van der Waals surface area contributed by atoms with E-state index in [0.717, 1.165) is 5.69 Å². The first-order chi connectivity index (χ1) is 6.40. The van der Waals surface area contributed by atoms with E-state index in [0.29, 0.717) is 5.92 Å². The van der Waals surface area contributed by atoms with Crippen LogP contribution in [-0.4, -0.2) is 6.04 Å². The van der Waals surface area contributed by atoms with Crippen molar-refractivity contribution < 1.29 is 0 Å². The second kappa shape index (κ2) is 3.49. The summed E-state index contributed by atoms with van der Waals surface area (Å²) < 4.78 is 0. The summed E-state index contributed by atoms with van der Waals surface area (Å²) in [5.41, 5.74) is 1.04. The predicted molar refractivity (Wildman–Crippen MR) is 52.2 cm³/mol. The molecule has 0 amide bonds. The Morgan fingerprint density at radius 1 is 1.31 bits per heavy atom. The molecular weight excluding hydrogens is 160 g/mol. The minimum atomic E-state index is 0.00222. The Hall–Kier alpha value is -1.49. The molecule has 13 heavy (non-hydrogen) atoms. The third-order valence-electron chi connectivity index (χ3n) is 2.33. The van der Waals surface area contributed by atoms with Gasteiger partial charge in [-0.3, -0.25) is 0 Å². The zero-order chi connectivity index (χ0) is 9.10. The molecule has 1 aromatic carbocycles. The maximum absolute atomic E-state index is 8.89. The Kier molecular flexibility index (Phi) is 2.18. The fraction of sp³-hybridized carbons (Fsp3) is 0.364. The van der Waals surface area contributed by atoms with E-state index >= 15 is 0 Å². The minimum absolute atomic E-state index is 0.00222. The molecule has 0 spiro atoms. The second-order valence-corrected chi connectivity index (χ2v) is 3.45. The Morgan fingerprint density at radius 2 is 2.00 bits per heavy atom. The van der Waals surface area contributed by atoms with Gasteiger partial charge in [-0.15, -0.1) is 0 Å². The Balaban J connectivity index is 2.00. The van der Waals surface area contributed by atoms with Crippen LogP contribution in [0.5, 0.6) is 0 Å². The molecule has 0 aliphatic heterocycles. The van der Waals surface area contributed by atoms with E-state index in [1.807, 2.05) is 30.3 Å². The SMILES string of the molecule is N#CC(Nc1ccccc1)C1CC1. The average molecular weight is 172 g/mol. The van der Waals surface area contributed by atoms with Gasteiger partial charge in [0.2, 0.25) is 0 Å². The van der Waals surface area contributed by atoms with Gasteiger partial charge in [0.25, 0.3) is 0 Å². The van der Waals surface area contributed by atoms with Gasteiger partial charge in [-0.05, 0) is 30.9 Å². The highest BCUT2D eigenvalue weighted by atomic mass is 14.9. The van der Waals surface area contributed by atoms with Crippen LogP contribution in [0, 0.1) is 17.2 Å². The van der Waals surface area contributed by atoms with Crippen LogP contribution in [-0.2, 0) is 0 Å². The van der Waals surface area contributed by atoms with Gasteiger partial charge in [-0.1, -0.05) is 18.2 Å². The molecule has 1 saturated carbocycles. The molecule has 2 nitrogen and oxygen atoms in total. The summed E-state index contributed by atoms with van der Waals surface area (Å²) in [7, 11) is 0. The second-order valence-electron chi connectivity index (χ2n) is 3.45. The number of anilines is 1. The zero-order valence-electron chi connectivity index (χ0n) is 7.40. The molecule has 2 rings (SSSR count). The van der Waals surface area contributed by atoms with Gasteiger partial charge in [-0.25, -0.2) is 0 Å². The molecule has 1 aliphatic rings. The standard InChI is InChI=1S/C11H12N2/c12-8-11(9-6-7-9)13-10-4-2-1-3-5-10/h1-5,9,11,13H,6-7H2. The lowest BCUT2D eigenvalue weighted by atomic mass is 10.2. The molecule has 1 atom stereocenters. The van der Waals surface area contributed by atoms with Crippen molar-refractivity contribution in [1.82, 2.24) is 0 Å². The number of nitrogens with zero attached hydrogens (tertiary/aromatic N) is 1. The molecule has 1 aliphatic carbocycles. The number of nitrogens with one attached hydrogen (secondary N) is 1. The number of benzene rings is 1. The fourth-order valence-corrected chi connectivity index (χ4v) is 1.40. The van der Waals surface area contributed by atoms with Crippen molar-refractivity contribution in [3.05, 3.63) is 30.3 Å². The fourth-order valence-electron chi connectivity index (χ4n) is 1.40. The molecule has 0 radical (unpaired) electrons. The highest BCUT2D eigenvalue weighted by molar-refractivity contribution is 5.45. The summed E-state index contributed by atoms with van der Waals surface area (Å²) in [6.07, 6.45) is 2.39. The molecular formula is C11H12N2. The van der Waals surface area contributed by atoms with Gasteiger partial charge in [0, 0.05) is 5.69 Å². The summed E-state index contributed by atoms with van der Waals surface area (Å²) in [6.45, 7) is 0. The summed E-state index contributed by atoms with van der Waals surface area (Å²) in [5.74, 6) is 0.574. The van der Waals surface area contributed by atoms with Crippen molar-refractivity contribution in [2.24, 2.45) is 5.92 Å². The lowest BCUT2D eigenvalue weighted by molar-refractivity contribution is 0.767. The highest BCUT2D eigenvalue weighted by Crippen LogP contribution is 2.33. The van der Waals surface area contributed by atoms with Crippen molar-refractivity contribution in [2.75, 3.05) is 5.32 Å².